The van der Waals surface area contributed by atoms with Gasteiger partial charge in [-0.25, -0.2) is 0 Å². The average molecular weight is 180 g/mol. The Kier molecular flexibility index (Phi) is 5.60. The Hall–Kier alpha value is -1.31. The minimum atomic E-state index is 0.0688. The number of rotatable bonds is 2. The van der Waals surface area contributed by atoms with E-state index < -0.39 is 0 Å². The van der Waals surface area contributed by atoms with E-state index in [0.29, 0.717) is 11.8 Å². The van der Waals surface area contributed by atoms with Crippen molar-refractivity contribution in [1.82, 2.24) is 0 Å². The number of aromatic hydroxyl groups is 1. The number of aryl methyl sites for hydroxylation is 1. The average Bonchev–Trinajstić information content (AvgIpc) is 2.20. The number of phenols is 1. The summed E-state index contributed by atoms with van der Waals surface area (Å²) in [6.07, 6.45) is 1.52. The van der Waals surface area contributed by atoms with Crippen molar-refractivity contribution >= 4 is 6.29 Å². The van der Waals surface area contributed by atoms with Gasteiger partial charge in [-0.3, -0.25) is 4.79 Å². The summed E-state index contributed by atoms with van der Waals surface area (Å²) in [7, 11) is 0. The summed E-state index contributed by atoms with van der Waals surface area (Å²) in [4.78, 5) is 10.3. The molecule has 0 unspecified atom stereocenters. The quantitative estimate of drug-likeness (QED) is 0.710. The van der Waals surface area contributed by atoms with Crippen molar-refractivity contribution in [3.05, 3.63) is 29.3 Å². The van der Waals surface area contributed by atoms with Crippen molar-refractivity contribution in [2.24, 2.45) is 0 Å². The Morgan fingerprint density at radius 2 is 2.00 bits per heavy atom. The molecular weight excluding hydrogens is 164 g/mol. The van der Waals surface area contributed by atoms with E-state index in [4.69, 9.17) is 0 Å². The lowest BCUT2D eigenvalue weighted by Gasteiger charge is -1.99. The van der Waals surface area contributed by atoms with Gasteiger partial charge in [0.2, 0.25) is 0 Å². The Morgan fingerprint density at radius 1 is 1.38 bits per heavy atom. The molecule has 0 radical (unpaired) electrons. The molecule has 0 fully saturated rings. The predicted octanol–water partition coefficient (Wildman–Crippen LogP) is 2.79. The molecule has 13 heavy (non-hydrogen) atoms. The third-order valence-electron chi connectivity index (χ3n) is 1.63. The maximum atomic E-state index is 10.3. The first-order valence-corrected chi connectivity index (χ1v) is 4.55. The van der Waals surface area contributed by atoms with Crippen molar-refractivity contribution < 1.29 is 9.90 Å². The van der Waals surface area contributed by atoms with Gasteiger partial charge in [-0.1, -0.05) is 26.8 Å². The van der Waals surface area contributed by atoms with Gasteiger partial charge in [0.1, 0.15) is 5.75 Å². The second-order valence-electron chi connectivity index (χ2n) is 2.36. The van der Waals surface area contributed by atoms with Crippen molar-refractivity contribution in [2.45, 2.75) is 27.2 Å². The van der Waals surface area contributed by atoms with Crippen LogP contribution in [0.1, 0.15) is 36.7 Å². The second-order valence-corrected chi connectivity index (χ2v) is 2.36. The van der Waals surface area contributed by atoms with Crippen LogP contribution in [0.5, 0.6) is 5.75 Å². The molecule has 0 aliphatic carbocycles. The van der Waals surface area contributed by atoms with Gasteiger partial charge in [0.25, 0.3) is 0 Å². The smallest absolute Gasteiger partial charge is 0.153 e. The minimum absolute atomic E-state index is 0.0688. The monoisotopic (exact) mass is 180 g/mol. The van der Waals surface area contributed by atoms with Crippen LogP contribution in [0.3, 0.4) is 0 Å². The van der Waals surface area contributed by atoms with Gasteiger partial charge in [-0.15, -0.1) is 0 Å². The van der Waals surface area contributed by atoms with E-state index >= 15 is 0 Å². The molecular formula is C11H16O2. The van der Waals surface area contributed by atoms with Crippen molar-refractivity contribution in [3.63, 3.8) is 0 Å². The fourth-order valence-electron chi connectivity index (χ4n) is 0.909. The highest BCUT2D eigenvalue weighted by molar-refractivity contribution is 5.79. The topological polar surface area (TPSA) is 37.3 Å². The van der Waals surface area contributed by atoms with Gasteiger partial charge in [0.15, 0.2) is 6.29 Å². The molecule has 0 amide bonds. The summed E-state index contributed by atoms with van der Waals surface area (Å²) >= 11 is 0. The number of carbonyl (C=O) groups is 1. The molecule has 2 heteroatoms. The summed E-state index contributed by atoms with van der Waals surface area (Å²) in [5.74, 6) is 0.0688. The lowest BCUT2D eigenvalue weighted by Crippen LogP contribution is -1.84. The van der Waals surface area contributed by atoms with Gasteiger partial charge < -0.3 is 5.11 Å². The normalized spacial score (nSPS) is 8.54. The van der Waals surface area contributed by atoms with Gasteiger partial charge in [0.05, 0.1) is 5.56 Å². The fourth-order valence-corrected chi connectivity index (χ4v) is 0.909. The fraction of sp³-hybridized carbons (Fsp3) is 0.364. The van der Waals surface area contributed by atoms with Crippen molar-refractivity contribution in [3.8, 4) is 5.75 Å². The summed E-state index contributed by atoms with van der Waals surface area (Å²) in [6, 6.07) is 5.08. The van der Waals surface area contributed by atoms with Crippen LogP contribution >= 0.6 is 0 Å². The molecule has 0 saturated heterocycles. The second kappa shape index (κ2) is 6.23. The summed E-state index contributed by atoms with van der Waals surface area (Å²) in [6.45, 7) is 6.00. The number of hydrogen-bond donors (Lipinski definition) is 1. The number of carbonyl (C=O) groups excluding carboxylic acids is 1. The molecule has 0 aromatic heterocycles. The van der Waals surface area contributed by atoms with Gasteiger partial charge in [-0.2, -0.15) is 0 Å². The van der Waals surface area contributed by atoms with Crippen LogP contribution in [-0.2, 0) is 6.42 Å². The first kappa shape index (κ1) is 11.7. The molecule has 0 atom stereocenters. The van der Waals surface area contributed by atoms with Crippen LogP contribution in [0.15, 0.2) is 18.2 Å². The first-order valence-electron chi connectivity index (χ1n) is 4.55. The molecule has 1 aromatic rings. The summed E-state index contributed by atoms with van der Waals surface area (Å²) < 4.78 is 0. The van der Waals surface area contributed by atoms with Crippen molar-refractivity contribution in [2.75, 3.05) is 0 Å². The Morgan fingerprint density at radius 3 is 2.38 bits per heavy atom. The predicted molar refractivity (Wildman–Crippen MR) is 54.2 cm³/mol. The zero-order valence-corrected chi connectivity index (χ0v) is 8.37. The van der Waals surface area contributed by atoms with Crippen LogP contribution in [0.2, 0.25) is 0 Å². The van der Waals surface area contributed by atoms with E-state index in [-0.39, 0.29) is 5.75 Å². The van der Waals surface area contributed by atoms with Crippen molar-refractivity contribution in [1.29, 1.82) is 0 Å². The third kappa shape index (κ3) is 3.28. The molecule has 2 nitrogen and oxygen atoms in total. The minimum Gasteiger partial charge on any atom is -0.507 e. The van der Waals surface area contributed by atoms with E-state index in [2.05, 4.69) is 0 Å². The molecule has 0 aliphatic rings. The van der Waals surface area contributed by atoms with E-state index in [1.165, 1.54) is 0 Å². The highest BCUT2D eigenvalue weighted by Crippen LogP contribution is 2.16. The lowest BCUT2D eigenvalue weighted by molar-refractivity contribution is 0.112. The highest BCUT2D eigenvalue weighted by Gasteiger charge is 1.98. The van der Waals surface area contributed by atoms with Gasteiger partial charge in [-0.05, 0) is 24.1 Å². The number of hydrogen-bond acceptors (Lipinski definition) is 2. The molecule has 0 bridgehead atoms. The Bertz CT molecular complexity index is 267. The maximum Gasteiger partial charge on any atom is 0.153 e. The van der Waals surface area contributed by atoms with Gasteiger partial charge >= 0.3 is 0 Å². The summed E-state index contributed by atoms with van der Waals surface area (Å²) in [5.41, 5.74) is 1.38. The van der Waals surface area contributed by atoms with Crippen LogP contribution in [0, 0.1) is 0 Å². The van der Waals surface area contributed by atoms with Crippen LogP contribution in [-0.4, -0.2) is 11.4 Å². The molecule has 0 aliphatic heterocycles. The zero-order chi connectivity index (χ0) is 10.3. The number of benzene rings is 1. The van der Waals surface area contributed by atoms with Crippen LogP contribution < -0.4 is 0 Å². The molecule has 1 rings (SSSR count). The van der Waals surface area contributed by atoms with Crippen LogP contribution in [0.25, 0.3) is 0 Å². The van der Waals surface area contributed by atoms with E-state index in [0.717, 1.165) is 12.0 Å². The SMILES string of the molecule is CC.CCc1ccc(C=O)c(O)c1. The van der Waals surface area contributed by atoms with Gasteiger partial charge in [0, 0.05) is 0 Å². The third-order valence-corrected chi connectivity index (χ3v) is 1.63. The van der Waals surface area contributed by atoms with E-state index in [1.54, 1.807) is 12.1 Å². The Labute approximate surface area is 79.2 Å². The lowest BCUT2D eigenvalue weighted by atomic mass is 10.1. The van der Waals surface area contributed by atoms with E-state index in [9.17, 15) is 9.90 Å². The Balaban J connectivity index is 0.000000671. The standard InChI is InChI=1S/C9H10O2.C2H6/c1-2-7-3-4-8(6-10)9(11)5-7;1-2/h3-6,11H,2H2,1H3;1-2H3. The summed E-state index contributed by atoms with van der Waals surface area (Å²) in [5, 5.41) is 9.19. The zero-order valence-electron chi connectivity index (χ0n) is 8.37. The molecule has 72 valence electrons. The molecule has 1 N–H and O–H groups in total. The number of phenolic OH excluding ortho intramolecular Hbond substituents is 1. The highest BCUT2D eigenvalue weighted by atomic mass is 16.3. The largest absolute Gasteiger partial charge is 0.507 e. The molecule has 0 spiro atoms. The molecule has 0 saturated carbocycles. The first-order chi connectivity index (χ1) is 6.27. The van der Waals surface area contributed by atoms with Crippen LogP contribution in [0.4, 0.5) is 0 Å². The molecule has 0 heterocycles. The molecule has 1 aromatic carbocycles. The number of aldehydes is 1. The van der Waals surface area contributed by atoms with E-state index in [1.807, 2.05) is 26.8 Å². The maximum absolute atomic E-state index is 10.3.